The quantitative estimate of drug-likeness (QED) is 0.610. The highest BCUT2D eigenvalue weighted by Crippen LogP contribution is 2.21. The lowest BCUT2D eigenvalue weighted by Crippen LogP contribution is -2.14. The second-order valence-electron chi connectivity index (χ2n) is 3.35. The van der Waals surface area contributed by atoms with Gasteiger partial charge in [0.2, 0.25) is 0 Å². The molecule has 1 heterocycles. The average molecular weight is 237 g/mol. The molecule has 0 aromatic carbocycles. The Kier molecular flexibility index (Phi) is 5.03. The van der Waals surface area contributed by atoms with E-state index in [0.717, 1.165) is 23.4 Å². The van der Waals surface area contributed by atoms with Crippen LogP contribution in [0.1, 0.15) is 33.5 Å². The zero-order valence-corrected chi connectivity index (χ0v) is 10.3. The van der Waals surface area contributed by atoms with Crippen molar-refractivity contribution in [2.24, 2.45) is 0 Å². The van der Waals surface area contributed by atoms with Gasteiger partial charge >= 0.3 is 5.97 Å². The first-order valence-corrected chi connectivity index (χ1v) is 5.89. The highest BCUT2D eigenvalue weighted by atomic mass is 32.1. The molecule has 86 valence electrons. The molecule has 0 aliphatic carbocycles. The van der Waals surface area contributed by atoms with Crippen molar-refractivity contribution in [3.05, 3.63) is 21.4 Å². The zero-order valence-electron chi connectivity index (χ0n) is 9.46. The average Bonchev–Trinajstić information content (AvgIpc) is 2.60. The Morgan fingerprint density at radius 2 is 2.38 bits per heavy atom. The smallest absolute Gasteiger partial charge is 0.345 e. The standard InChI is InChI=1S/C12H15NO2S/c1-3-4-5-6-13-8-10-7-11(12(14)15)16-9(10)2/h7,13H,5-6,8H2,1-2H3,(H,14,15). The summed E-state index contributed by atoms with van der Waals surface area (Å²) in [6.07, 6.45) is 0.825. The van der Waals surface area contributed by atoms with E-state index in [1.54, 1.807) is 6.07 Å². The van der Waals surface area contributed by atoms with Crippen LogP contribution in [0.25, 0.3) is 0 Å². The highest BCUT2D eigenvalue weighted by Gasteiger charge is 2.10. The van der Waals surface area contributed by atoms with Crippen LogP contribution in [-0.4, -0.2) is 17.6 Å². The second-order valence-corrected chi connectivity index (χ2v) is 4.61. The largest absolute Gasteiger partial charge is 0.477 e. The third-order valence-corrected chi connectivity index (χ3v) is 3.23. The molecule has 0 fully saturated rings. The maximum atomic E-state index is 10.8. The molecular weight excluding hydrogens is 222 g/mol. The topological polar surface area (TPSA) is 49.3 Å². The zero-order chi connectivity index (χ0) is 12.0. The summed E-state index contributed by atoms with van der Waals surface area (Å²) in [5.74, 6) is 4.95. The molecule has 0 saturated heterocycles. The van der Waals surface area contributed by atoms with Crippen LogP contribution >= 0.6 is 11.3 Å². The van der Waals surface area contributed by atoms with Gasteiger partial charge in [0, 0.05) is 24.4 Å². The SMILES string of the molecule is CC#CCCNCc1cc(C(=O)O)sc1C. The summed E-state index contributed by atoms with van der Waals surface area (Å²) >= 11 is 1.32. The number of thiophene rings is 1. The number of aryl methyl sites for hydroxylation is 1. The third kappa shape index (κ3) is 3.69. The van der Waals surface area contributed by atoms with Crippen LogP contribution in [0.15, 0.2) is 6.07 Å². The molecule has 16 heavy (non-hydrogen) atoms. The van der Waals surface area contributed by atoms with E-state index in [1.165, 1.54) is 11.3 Å². The number of carboxylic acid groups (broad SMARTS) is 1. The van der Waals surface area contributed by atoms with Crippen LogP contribution in [0, 0.1) is 18.8 Å². The van der Waals surface area contributed by atoms with Crippen molar-refractivity contribution in [3.8, 4) is 11.8 Å². The molecule has 0 radical (unpaired) electrons. The van der Waals surface area contributed by atoms with Crippen LogP contribution in [0.4, 0.5) is 0 Å². The minimum absolute atomic E-state index is 0.405. The summed E-state index contributed by atoms with van der Waals surface area (Å²) in [6.45, 7) is 5.31. The lowest BCUT2D eigenvalue weighted by atomic mass is 10.2. The van der Waals surface area contributed by atoms with E-state index in [2.05, 4.69) is 17.2 Å². The summed E-state index contributed by atoms with van der Waals surface area (Å²) in [7, 11) is 0. The summed E-state index contributed by atoms with van der Waals surface area (Å²) in [4.78, 5) is 12.2. The summed E-state index contributed by atoms with van der Waals surface area (Å²) in [5.41, 5.74) is 1.06. The fraction of sp³-hybridized carbons (Fsp3) is 0.417. The Hall–Kier alpha value is -1.31. The van der Waals surface area contributed by atoms with E-state index in [9.17, 15) is 4.79 Å². The monoisotopic (exact) mass is 237 g/mol. The van der Waals surface area contributed by atoms with Gasteiger partial charge in [0.25, 0.3) is 0 Å². The molecule has 0 bridgehead atoms. The van der Waals surface area contributed by atoms with E-state index in [4.69, 9.17) is 5.11 Å². The van der Waals surface area contributed by atoms with Gasteiger partial charge < -0.3 is 10.4 Å². The first-order valence-electron chi connectivity index (χ1n) is 5.08. The number of rotatable bonds is 5. The van der Waals surface area contributed by atoms with Gasteiger partial charge in [-0.1, -0.05) is 0 Å². The molecule has 0 aliphatic heterocycles. The van der Waals surface area contributed by atoms with E-state index < -0.39 is 5.97 Å². The third-order valence-electron chi connectivity index (χ3n) is 2.15. The Morgan fingerprint density at radius 3 is 2.94 bits per heavy atom. The number of hydrogen-bond donors (Lipinski definition) is 2. The Morgan fingerprint density at radius 1 is 1.62 bits per heavy atom. The molecule has 1 aromatic heterocycles. The molecule has 1 rings (SSSR count). The van der Waals surface area contributed by atoms with E-state index >= 15 is 0 Å². The Balaban J connectivity index is 2.46. The predicted octanol–water partition coefficient (Wildman–Crippen LogP) is 2.26. The molecule has 0 unspecified atom stereocenters. The van der Waals surface area contributed by atoms with Crippen molar-refractivity contribution in [2.75, 3.05) is 6.54 Å². The molecule has 0 atom stereocenters. The van der Waals surface area contributed by atoms with Crippen LogP contribution < -0.4 is 5.32 Å². The summed E-state index contributed by atoms with van der Waals surface area (Å²) in [6, 6.07) is 1.74. The molecule has 2 N–H and O–H groups in total. The van der Waals surface area contributed by atoms with Crippen molar-refractivity contribution in [1.82, 2.24) is 5.32 Å². The molecule has 3 nitrogen and oxygen atoms in total. The van der Waals surface area contributed by atoms with Gasteiger partial charge in [0.1, 0.15) is 4.88 Å². The highest BCUT2D eigenvalue weighted by molar-refractivity contribution is 7.14. The lowest BCUT2D eigenvalue weighted by Gasteiger charge is -2.00. The van der Waals surface area contributed by atoms with Gasteiger partial charge in [-0.15, -0.1) is 23.2 Å². The maximum Gasteiger partial charge on any atom is 0.345 e. The van der Waals surface area contributed by atoms with Crippen molar-refractivity contribution in [2.45, 2.75) is 26.8 Å². The number of hydrogen-bond acceptors (Lipinski definition) is 3. The normalized spacial score (nSPS) is 9.62. The summed E-state index contributed by atoms with van der Waals surface area (Å²) < 4.78 is 0. The van der Waals surface area contributed by atoms with E-state index in [-0.39, 0.29) is 0 Å². The van der Waals surface area contributed by atoms with E-state index in [0.29, 0.717) is 11.4 Å². The Bertz CT molecular complexity index is 426. The summed E-state index contributed by atoms with van der Waals surface area (Å²) in [5, 5.41) is 12.1. The second kappa shape index (κ2) is 6.31. The molecular formula is C12H15NO2S. The van der Waals surface area contributed by atoms with Gasteiger partial charge in [-0.25, -0.2) is 4.79 Å². The molecule has 0 amide bonds. The minimum Gasteiger partial charge on any atom is -0.477 e. The van der Waals surface area contributed by atoms with Gasteiger partial charge in [0.15, 0.2) is 0 Å². The first-order chi connectivity index (χ1) is 7.65. The molecule has 0 saturated carbocycles. The van der Waals surface area contributed by atoms with Crippen molar-refractivity contribution < 1.29 is 9.90 Å². The molecule has 4 heteroatoms. The Labute approximate surface area is 99.5 Å². The fourth-order valence-electron chi connectivity index (χ4n) is 1.30. The molecule has 1 aromatic rings. The van der Waals surface area contributed by atoms with Crippen LogP contribution in [0.2, 0.25) is 0 Å². The van der Waals surface area contributed by atoms with Crippen LogP contribution in [0.5, 0.6) is 0 Å². The fourth-order valence-corrected chi connectivity index (χ4v) is 2.18. The maximum absolute atomic E-state index is 10.8. The van der Waals surface area contributed by atoms with Gasteiger partial charge in [-0.2, -0.15) is 0 Å². The molecule has 0 aliphatic rings. The minimum atomic E-state index is -0.851. The van der Waals surface area contributed by atoms with Gasteiger partial charge in [0.05, 0.1) is 0 Å². The number of carboxylic acids is 1. The van der Waals surface area contributed by atoms with Crippen LogP contribution in [0.3, 0.4) is 0 Å². The van der Waals surface area contributed by atoms with Crippen LogP contribution in [-0.2, 0) is 6.54 Å². The van der Waals surface area contributed by atoms with Gasteiger partial charge in [-0.05, 0) is 25.5 Å². The lowest BCUT2D eigenvalue weighted by molar-refractivity contribution is 0.0702. The first kappa shape index (κ1) is 12.8. The van der Waals surface area contributed by atoms with Crippen molar-refractivity contribution in [1.29, 1.82) is 0 Å². The number of aromatic carboxylic acids is 1. The van der Waals surface area contributed by atoms with Crippen molar-refractivity contribution >= 4 is 17.3 Å². The van der Waals surface area contributed by atoms with Gasteiger partial charge in [-0.3, -0.25) is 0 Å². The predicted molar refractivity (Wildman–Crippen MR) is 65.8 cm³/mol. The molecule has 0 spiro atoms. The van der Waals surface area contributed by atoms with E-state index in [1.807, 2.05) is 13.8 Å². The number of carbonyl (C=O) groups is 1. The van der Waals surface area contributed by atoms with Crippen molar-refractivity contribution in [3.63, 3.8) is 0 Å². The number of nitrogens with one attached hydrogen (secondary N) is 1.